The first-order valence-electron chi connectivity index (χ1n) is 5.27. The van der Waals surface area contributed by atoms with Gasteiger partial charge in [-0.25, -0.2) is 0 Å². The van der Waals surface area contributed by atoms with Crippen molar-refractivity contribution in [2.45, 2.75) is 13.0 Å². The fourth-order valence-electron chi connectivity index (χ4n) is 1.67. The van der Waals surface area contributed by atoms with Crippen LogP contribution in [0.15, 0.2) is 18.3 Å². The molecule has 2 heterocycles. The monoisotopic (exact) mass is 208 g/mol. The molecule has 15 heavy (non-hydrogen) atoms. The Hall–Kier alpha value is -1.13. The maximum atomic E-state index is 9.06. The summed E-state index contributed by atoms with van der Waals surface area (Å²) in [6.45, 7) is 3.49. The van der Waals surface area contributed by atoms with Gasteiger partial charge in [0.05, 0.1) is 18.5 Å². The highest BCUT2D eigenvalue weighted by Crippen LogP contribution is 2.11. The van der Waals surface area contributed by atoms with E-state index >= 15 is 0 Å². The maximum Gasteiger partial charge on any atom is 0.133 e. The van der Waals surface area contributed by atoms with Gasteiger partial charge in [0.15, 0.2) is 0 Å². The van der Waals surface area contributed by atoms with Crippen molar-refractivity contribution in [3.63, 3.8) is 0 Å². The summed E-state index contributed by atoms with van der Waals surface area (Å²) in [5.74, 6) is 0.852. The minimum Gasteiger partial charge on any atom is -0.506 e. The van der Waals surface area contributed by atoms with Gasteiger partial charge in [0.25, 0.3) is 0 Å². The third-order valence-corrected chi connectivity index (χ3v) is 2.57. The summed E-state index contributed by atoms with van der Waals surface area (Å²) in [4.78, 5) is 4.10. The minimum absolute atomic E-state index is 0.211. The zero-order valence-corrected chi connectivity index (χ0v) is 8.65. The molecule has 2 rings (SSSR count). The van der Waals surface area contributed by atoms with Crippen molar-refractivity contribution in [3.8, 4) is 5.75 Å². The van der Waals surface area contributed by atoms with E-state index in [2.05, 4.69) is 10.3 Å². The van der Waals surface area contributed by atoms with E-state index in [4.69, 9.17) is 9.84 Å². The molecule has 0 amide bonds. The van der Waals surface area contributed by atoms with Gasteiger partial charge < -0.3 is 15.2 Å². The van der Waals surface area contributed by atoms with Gasteiger partial charge in [0, 0.05) is 19.7 Å². The number of aromatic nitrogens is 1. The van der Waals surface area contributed by atoms with E-state index < -0.39 is 0 Å². The predicted molar refractivity (Wildman–Crippen MR) is 56.5 cm³/mol. The summed E-state index contributed by atoms with van der Waals surface area (Å²) in [6, 6.07) is 3.48. The van der Waals surface area contributed by atoms with Crippen LogP contribution in [0.5, 0.6) is 5.75 Å². The van der Waals surface area contributed by atoms with Crippen LogP contribution in [0, 0.1) is 5.92 Å². The normalized spacial score (nSPS) is 20.7. The van der Waals surface area contributed by atoms with Crippen LogP contribution < -0.4 is 5.32 Å². The van der Waals surface area contributed by atoms with Crippen molar-refractivity contribution in [2.24, 2.45) is 5.92 Å². The van der Waals surface area contributed by atoms with E-state index in [-0.39, 0.29) is 5.75 Å². The van der Waals surface area contributed by atoms with Crippen molar-refractivity contribution in [1.29, 1.82) is 0 Å². The standard InChI is InChI=1S/C11H16N2O2/c14-11-2-1-10(13-7-11)6-12-5-9-3-4-15-8-9/h1-2,7,9,12,14H,3-6,8H2. The van der Waals surface area contributed by atoms with Gasteiger partial charge in [-0.1, -0.05) is 0 Å². The molecule has 0 saturated carbocycles. The highest BCUT2D eigenvalue weighted by Gasteiger charge is 2.14. The molecule has 4 nitrogen and oxygen atoms in total. The number of nitrogens with one attached hydrogen (secondary N) is 1. The summed E-state index contributed by atoms with van der Waals surface area (Å²) in [5.41, 5.74) is 0.951. The smallest absolute Gasteiger partial charge is 0.133 e. The average Bonchev–Trinajstić information content (AvgIpc) is 2.74. The summed E-state index contributed by atoms with van der Waals surface area (Å²) >= 11 is 0. The summed E-state index contributed by atoms with van der Waals surface area (Å²) < 4.78 is 5.29. The molecule has 1 unspecified atom stereocenters. The zero-order valence-electron chi connectivity index (χ0n) is 8.65. The first-order valence-corrected chi connectivity index (χ1v) is 5.27. The van der Waals surface area contributed by atoms with Gasteiger partial charge >= 0.3 is 0 Å². The molecular weight excluding hydrogens is 192 g/mol. The lowest BCUT2D eigenvalue weighted by atomic mass is 10.1. The van der Waals surface area contributed by atoms with Gasteiger partial charge in [0.1, 0.15) is 5.75 Å². The lowest BCUT2D eigenvalue weighted by Crippen LogP contribution is -2.22. The van der Waals surface area contributed by atoms with Crippen molar-refractivity contribution in [3.05, 3.63) is 24.0 Å². The quantitative estimate of drug-likeness (QED) is 0.772. The summed E-state index contributed by atoms with van der Waals surface area (Å²) in [5, 5.41) is 12.4. The molecular formula is C11H16N2O2. The second-order valence-corrected chi connectivity index (χ2v) is 3.87. The number of aromatic hydroxyl groups is 1. The Morgan fingerprint density at radius 2 is 2.47 bits per heavy atom. The van der Waals surface area contributed by atoms with E-state index in [1.807, 2.05) is 6.07 Å². The second kappa shape index (κ2) is 5.09. The first kappa shape index (κ1) is 10.4. The zero-order chi connectivity index (χ0) is 10.5. The number of rotatable bonds is 4. The SMILES string of the molecule is Oc1ccc(CNCC2CCOC2)nc1. The van der Waals surface area contributed by atoms with Crippen molar-refractivity contribution in [2.75, 3.05) is 19.8 Å². The molecule has 1 fully saturated rings. The van der Waals surface area contributed by atoms with Crippen LogP contribution in [0.4, 0.5) is 0 Å². The highest BCUT2D eigenvalue weighted by atomic mass is 16.5. The fourth-order valence-corrected chi connectivity index (χ4v) is 1.67. The maximum absolute atomic E-state index is 9.06. The van der Waals surface area contributed by atoms with E-state index in [1.165, 1.54) is 6.20 Å². The summed E-state index contributed by atoms with van der Waals surface area (Å²) in [6.07, 6.45) is 2.62. The molecule has 1 aliphatic heterocycles. The molecule has 4 heteroatoms. The lowest BCUT2D eigenvalue weighted by molar-refractivity contribution is 0.185. The van der Waals surface area contributed by atoms with Crippen molar-refractivity contribution < 1.29 is 9.84 Å². The van der Waals surface area contributed by atoms with Crippen LogP contribution in [0.1, 0.15) is 12.1 Å². The number of ether oxygens (including phenoxy) is 1. The summed E-state index contributed by atoms with van der Waals surface area (Å²) in [7, 11) is 0. The Kier molecular flexibility index (Phi) is 3.53. The Labute approximate surface area is 89.3 Å². The van der Waals surface area contributed by atoms with Crippen LogP contribution in [0.25, 0.3) is 0 Å². The molecule has 1 aromatic rings. The Bertz CT molecular complexity index is 294. The molecule has 1 aromatic heterocycles. The van der Waals surface area contributed by atoms with Gasteiger partial charge in [0.2, 0.25) is 0 Å². The number of hydrogen-bond donors (Lipinski definition) is 2. The first-order chi connectivity index (χ1) is 7.34. The Morgan fingerprint density at radius 1 is 1.53 bits per heavy atom. The van der Waals surface area contributed by atoms with Crippen LogP contribution in [0.3, 0.4) is 0 Å². The topological polar surface area (TPSA) is 54.4 Å². The number of nitrogens with zero attached hydrogens (tertiary/aromatic N) is 1. The molecule has 0 radical (unpaired) electrons. The van der Waals surface area contributed by atoms with Crippen LogP contribution in [0.2, 0.25) is 0 Å². The Morgan fingerprint density at radius 3 is 3.13 bits per heavy atom. The van der Waals surface area contributed by atoms with Crippen molar-refractivity contribution >= 4 is 0 Å². The molecule has 0 bridgehead atoms. The van der Waals surface area contributed by atoms with Gasteiger partial charge in [-0.05, 0) is 24.5 Å². The van der Waals surface area contributed by atoms with Crippen LogP contribution >= 0.6 is 0 Å². The molecule has 1 aliphatic rings. The molecule has 0 aliphatic carbocycles. The third kappa shape index (κ3) is 3.18. The average molecular weight is 208 g/mol. The van der Waals surface area contributed by atoms with Crippen LogP contribution in [-0.2, 0) is 11.3 Å². The predicted octanol–water partition coefficient (Wildman–Crippen LogP) is 0.913. The minimum atomic E-state index is 0.211. The van der Waals surface area contributed by atoms with Crippen molar-refractivity contribution in [1.82, 2.24) is 10.3 Å². The Balaban J connectivity index is 1.71. The molecule has 1 saturated heterocycles. The fraction of sp³-hybridized carbons (Fsp3) is 0.545. The van der Waals surface area contributed by atoms with Crippen LogP contribution in [-0.4, -0.2) is 29.8 Å². The van der Waals surface area contributed by atoms with E-state index in [0.717, 1.165) is 38.4 Å². The molecule has 2 N–H and O–H groups in total. The number of hydrogen-bond acceptors (Lipinski definition) is 4. The van der Waals surface area contributed by atoms with Gasteiger partial charge in [-0.3, -0.25) is 4.98 Å². The van der Waals surface area contributed by atoms with E-state index in [1.54, 1.807) is 6.07 Å². The van der Waals surface area contributed by atoms with E-state index in [0.29, 0.717) is 5.92 Å². The lowest BCUT2D eigenvalue weighted by Gasteiger charge is -2.08. The third-order valence-electron chi connectivity index (χ3n) is 2.57. The molecule has 1 atom stereocenters. The highest BCUT2D eigenvalue weighted by molar-refractivity contribution is 5.17. The second-order valence-electron chi connectivity index (χ2n) is 3.87. The largest absolute Gasteiger partial charge is 0.506 e. The molecule has 0 spiro atoms. The van der Waals surface area contributed by atoms with Gasteiger partial charge in [-0.2, -0.15) is 0 Å². The number of pyridine rings is 1. The van der Waals surface area contributed by atoms with E-state index in [9.17, 15) is 0 Å². The molecule has 82 valence electrons. The van der Waals surface area contributed by atoms with Gasteiger partial charge in [-0.15, -0.1) is 0 Å². The molecule has 0 aromatic carbocycles.